The Labute approximate surface area is 161 Å². The van der Waals surface area contributed by atoms with Crippen molar-refractivity contribution in [3.8, 4) is 11.5 Å². The number of hydrogen-bond acceptors (Lipinski definition) is 5. The summed E-state index contributed by atoms with van der Waals surface area (Å²) in [7, 11) is 0. The van der Waals surface area contributed by atoms with Crippen molar-refractivity contribution in [1.29, 1.82) is 0 Å². The number of amides is 1. The molecule has 7 heteroatoms. The molecule has 1 heterocycles. The second-order valence-electron chi connectivity index (χ2n) is 5.78. The molecule has 0 saturated heterocycles. The van der Waals surface area contributed by atoms with Crippen LogP contribution in [-0.2, 0) is 6.42 Å². The SMILES string of the molecule is Cc1ccc(C(=O)NC2=NC(c3ccc(O)cc3O)=C[I-]2)cc1CCO. The number of nitrogens with one attached hydrogen (secondary N) is 1. The van der Waals surface area contributed by atoms with Gasteiger partial charge in [0.1, 0.15) is 0 Å². The number of aromatic hydroxyl groups is 2. The summed E-state index contributed by atoms with van der Waals surface area (Å²) in [6.45, 7) is 1.98. The Morgan fingerprint density at radius 2 is 2.00 bits per heavy atom. The van der Waals surface area contributed by atoms with E-state index in [1.54, 1.807) is 18.2 Å². The van der Waals surface area contributed by atoms with Crippen LogP contribution in [0.2, 0.25) is 0 Å². The minimum absolute atomic E-state index is 0.0184. The molecule has 2 aromatic carbocycles. The Kier molecular flexibility index (Phi) is 5.58. The van der Waals surface area contributed by atoms with Crippen LogP contribution in [0.25, 0.3) is 5.70 Å². The molecule has 0 saturated carbocycles. The summed E-state index contributed by atoms with van der Waals surface area (Å²) >= 11 is -0.615. The summed E-state index contributed by atoms with van der Waals surface area (Å²) in [5, 5.41) is 31.3. The number of halogens is 1. The zero-order valence-electron chi connectivity index (χ0n) is 14.0. The van der Waals surface area contributed by atoms with Crippen molar-refractivity contribution < 1.29 is 41.3 Å². The van der Waals surface area contributed by atoms with Gasteiger partial charge in [-0.05, 0) is 0 Å². The van der Waals surface area contributed by atoms with Crippen LogP contribution in [0.4, 0.5) is 0 Å². The summed E-state index contributed by atoms with van der Waals surface area (Å²) in [5.74, 6) is -0.314. The fourth-order valence-electron chi connectivity index (χ4n) is 2.54. The van der Waals surface area contributed by atoms with Gasteiger partial charge in [0.25, 0.3) is 0 Å². The topological polar surface area (TPSA) is 102 Å². The Balaban J connectivity index is 1.74. The molecule has 0 aliphatic carbocycles. The molecule has 0 atom stereocenters. The number of carbonyl (C=O) groups is 1. The molecule has 0 fully saturated rings. The number of aryl methyl sites for hydroxylation is 1. The molecule has 26 heavy (non-hydrogen) atoms. The van der Waals surface area contributed by atoms with Gasteiger partial charge in [0.2, 0.25) is 0 Å². The molecule has 1 aliphatic rings. The Hall–Kier alpha value is -2.39. The molecule has 0 unspecified atom stereocenters. The quantitative estimate of drug-likeness (QED) is 0.349. The van der Waals surface area contributed by atoms with Crippen LogP contribution in [-0.4, -0.2) is 31.7 Å². The molecule has 0 aromatic heterocycles. The number of carbonyl (C=O) groups excluding carboxylic acids is 1. The van der Waals surface area contributed by atoms with E-state index in [-0.39, 0.29) is 24.0 Å². The minimum atomic E-state index is -0.615. The average Bonchev–Trinajstić information content (AvgIpc) is 3.05. The third-order valence-electron chi connectivity index (χ3n) is 3.95. The van der Waals surface area contributed by atoms with Crippen molar-refractivity contribution in [2.75, 3.05) is 6.61 Å². The molecule has 3 rings (SSSR count). The van der Waals surface area contributed by atoms with Gasteiger partial charge in [0.05, 0.1) is 0 Å². The molecule has 4 N–H and O–H groups in total. The fourth-order valence-corrected chi connectivity index (χ4v) is 4.40. The van der Waals surface area contributed by atoms with Gasteiger partial charge in [-0.3, -0.25) is 0 Å². The normalized spacial score (nSPS) is 13.6. The Morgan fingerprint density at radius 3 is 2.73 bits per heavy atom. The molecule has 0 spiro atoms. The van der Waals surface area contributed by atoms with Crippen molar-refractivity contribution in [2.45, 2.75) is 13.3 Å². The summed E-state index contributed by atoms with van der Waals surface area (Å²) < 4.78 is 2.51. The van der Waals surface area contributed by atoms with E-state index in [1.807, 2.05) is 17.1 Å². The standard InChI is InChI=1S/C19H18IN2O4/c1-11-2-3-13(8-12(11)6-7-23)18(26)22-19-20-10-16(21-19)15-5-4-14(24)9-17(15)25/h2-5,8-10,23-25H,6-7H2,1H3,(H,21,22,26)/q-1. The van der Waals surface area contributed by atoms with E-state index >= 15 is 0 Å². The monoisotopic (exact) mass is 465 g/mol. The van der Waals surface area contributed by atoms with Crippen LogP contribution in [0.15, 0.2) is 45.5 Å². The first-order chi connectivity index (χ1) is 12.5. The van der Waals surface area contributed by atoms with Gasteiger partial charge >= 0.3 is 161 Å². The predicted molar refractivity (Wildman–Crippen MR) is 94.6 cm³/mol. The first kappa shape index (κ1) is 18.4. The Bertz CT molecular complexity index is 922. The van der Waals surface area contributed by atoms with E-state index in [1.165, 1.54) is 12.1 Å². The number of phenols is 2. The second kappa shape index (κ2) is 7.88. The summed E-state index contributed by atoms with van der Waals surface area (Å²) in [6.07, 6.45) is 0.507. The van der Waals surface area contributed by atoms with E-state index in [2.05, 4.69) is 10.3 Å². The van der Waals surface area contributed by atoms with E-state index in [0.717, 1.165) is 11.1 Å². The molecular weight excluding hydrogens is 447 g/mol. The van der Waals surface area contributed by atoms with Crippen LogP contribution in [0.3, 0.4) is 0 Å². The number of amidine groups is 1. The molecule has 0 radical (unpaired) electrons. The molecule has 1 amide bonds. The second-order valence-corrected chi connectivity index (χ2v) is 8.04. The average molecular weight is 465 g/mol. The van der Waals surface area contributed by atoms with Crippen LogP contribution >= 0.6 is 0 Å². The van der Waals surface area contributed by atoms with E-state index in [4.69, 9.17) is 5.11 Å². The molecular formula is C19H18IN2O4-. The van der Waals surface area contributed by atoms with Crippen LogP contribution in [0.5, 0.6) is 11.5 Å². The van der Waals surface area contributed by atoms with Crippen molar-refractivity contribution in [3.63, 3.8) is 0 Å². The summed E-state index contributed by atoms with van der Waals surface area (Å²) in [6, 6.07) is 9.73. The van der Waals surface area contributed by atoms with Crippen LogP contribution in [0, 0.1) is 6.92 Å². The molecule has 1 aliphatic heterocycles. The van der Waals surface area contributed by atoms with Crippen molar-refractivity contribution >= 4 is 15.4 Å². The maximum atomic E-state index is 12.5. The summed E-state index contributed by atoms with van der Waals surface area (Å²) in [5.41, 5.74) is 3.61. The van der Waals surface area contributed by atoms with Gasteiger partial charge in [-0.15, -0.1) is 0 Å². The van der Waals surface area contributed by atoms with Gasteiger partial charge < -0.3 is 0 Å². The molecule has 0 bridgehead atoms. The van der Waals surface area contributed by atoms with Gasteiger partial charge in [-0.25, -0.2) is 0 Å². The van der Waals surface area contributed by atoms with Crippen LogP contribution < -0.4 is 26.5 Å². The van der Waals surface area contributed by atoms with E-state index in [0.29, 0.717) is 27.1 Å². The van der Waals surface area contributed by atoms with E-state index in [9.17, 15) is 15.0 Å². The first-order valence-corrected chi connectivity index (χ1v) is 10.3. The number of hydrogen-bond donors (Lipinski definition) is 4. The number of aliphatic hydroxyl groups excluding tert-OH is 1. The number of aliphatic imine (C=N–C) groups is 1. The third-order valence-corrected chi connectivity index (χ3v) is 5.95. The number of nitrogens with zero attached hydrogens (tertiary/aromatic N) is 1. The maximum absolute atomic E-state index is 12.5. The summed E-state index contributed by atoms with van der Waals surface area (Å²) in [4.78, 5) is 16.9. The van der Waals surface area contributed by atoms with Crippen molar-refractivity contribution in [2.24, 2.45) is 4.99 Å². The predicted octanol–water partition coefficient (Wildman–Crippen LogP) is -0.872. The van der Waals surface area contributed by atoms with Gasteiger partial charge in [0, 0.05) is 0 Å². The van der Waals surface area contributed by atoms with Gasteiger partial charge in [0.15, 0.2) is 0 Å². The third kappa shape index (κ3) is 4.05. The number of benzene rings is 2. The zero-order chi connectivity index (χ0) is 18.7. The molecule has 6 nitrogen and oxygen atoms in total. The Morgan fingerprint density at radius 1 is 1.19 bits per heavy atom. The molecule has 2 aromatic rings. The first-order valence-electron chi connectivity index (χ1n) is 7.94. The van der Waals surface area contributed by atoms with Gasteiger partial charge in [-0.1, -0.05) is 0 Å². The van der Waals surface area contributed by atoms with Crippen molar-refractivity contribution in [3.05, 3.63) is 62.7 Å². The fraction of sp³-hybridized carbons (Fsp3) is 0.158. The van der Waals surface area contributed by atoms with E-state index < -0.39 is 21.2 Å². The number of rotatable bonds is 4. The number of phenolic OH excluding ortho intramolecular Hbond substituents is 2. The number of aliphatic hydroxyl groups is 1. The van der Waals surface area contributed by atoms with Crippen molar-refractivity contribution in [1.82, 2.24) is 5.32 Å². The molecule has 136 valence electrons. The van der Waals surface area contributed by atoms with Gasteiger partial charge in [-0.2, -0.15) is 0 Å². The zero-order valence-corrected chi connectivity index (χ0v) is 16.2. The van der Waals surface area contributed by atoms with Crippen LogP contribution in [0.1, 0.15) is 27.0 Å².